The maximum absolute atomic E-state index is 6.18. The van der Waals surface area contributed by atoms with Crippen LogP contribution in [0.4, 0.5) is 0 Å². The fourth-order valence-corrected chi connectivity index (χ4v) is 2.65. The van der Waals surface area contributed by atoms with Gasteiger partial charge in [0.05, 0.1) is 11.7 Å². The highest BCUT2D eigenvalue weighted by atomic mass is 35.5. The lowest BCUT2D eigenvalue weighted by Crippen LogP contribution is -2.11. The van der Waals surface area contributed by atoms with Crippen LogP contribution < -0.4 is 5.73 Å². The van der Waals surface area contributed by atoms with E-state index in [1.807, 2.05) is 24.3 Å². The maximum Gasteiger partial charge on any atom is 0.114 e. The van der Waals surface area contributed by atoms with Gasteiger partial charge in [0.1, 0.15) is 5.01 Å². The highest BCUT2D eigenvalue weighted by molar-refractivity contribution is 7.09. The number of nitrogens with two attached hydrogens (primary N) is 1. The molecule has 2 N–H and O–H groups in total. The molecular formula is C13H15ClN2S. The average molecular weight is 267 g/mol. The van der Waals surface area contributed by atoms with Crippen LogP contribution in [0.2, 0.25) is 5.02 Å². The normalized spacial score (nSPS) is 13.0. The molecule has 90 valence electrons. The fraction of sp³-hybridized carbons (Fsp3) is 0.308. The second-order valence-corrected chi connectivity index (χ2v) is 5.62. The van der Waals surface area contributed by atoms with Gasteiger partial charge in [-0.2, -0.15) is 0 Å². The second-order valence-electron chi connectivity index (χ2n) is 4.29. The van der Waals surface area contributed by atoms with Gasteiger partial charge in [0.15, 0.2) is 0 Å². The van der Waals surface area contributed by atoms with E-state index in [4.69, 9.17) is 17.3 Å². The largest absolute Gasteiger partial charge is 0.318 e. The van der Waals surface area contributed by atoms with Crippen molar-refractivity contribution < 1.29 is 0 Å². The summed E-state index contributed by atoms with van der Waals surface area (Å²) in [5.74, 6) is 0.442. The van der Waals surface area contributed by atoms with Crippen LogP contribution in [0, 0.1) is 0 Å². The molecule has 0 radical (unpaired) electrons. The first-order chi connectivity index (χ1) is 8.08. The van der Waals surface area contributed by atoms with Crippen molar-refractivity contribution in [1.29, 1.82) is 0 Å². The summed E-state index contributed by atoms with van der Waals surface area (Å²) in [4.78, 5) is 4.57. The number of aromatic nitrogens is 1. The number of rotatable bonds is 3. The Bertz CT molecular complexity index is 490. The predicted molar refractivity (Wildman–Crippen MR) is 73.7 cm³/mol. The van der Waals surface area contributed by atoms with Gasteiger partial charge in [-0.15, -0.1) is 11.3 Å². The molecule has 0 aliphatic rings. The van der Waals surface area contributed by atoms with Crippen LogP contribution in [0.15, 0.2) is 29.6 Å². The first-order valence-electron chi connectivity index (χ1n) is 5.54. The Morgan fingerprint density at radius 3 is 2.41 bits per heavy atom. The molecule has 4 heteroatoms. The van der Waals surface area contributed by atoms with Crippen LogP contribution in [0.3, 0.4) is 0 Å². The van der Waals surface area contributed by atoms with Crippen molar-refractivity contribution in [2.24, 2.45) is 5.73 Å². The molecule has 2 nitrogen and oxygen atoms in total. The molecule has 0 bridgehead atoms. The molecule has 1 unspecified atom stereocenters. The molecule has 0 aliphatic heterocycles. The van der Waals surface area contributed by atoms with E-state index in [2.05, 4.69) is 24.2 Å². The highest BCUT2D eigenvalue weighted by Gasteiger charge is 2.14. The van der Waals surface area contributed by atoms with Gasteiger partial charge in [-0.25, -0.2) is 4.98 Å². The van der Waals surface area contributed by atoms with E-state index in [0.717, 1.165) is 21.3 Å². The van der Waals surface area contributed by atoms with Crippen LogP contribution in [0.25, 0.3) is 0 Å². The second kappa shape index (κ2) is 5.17. The number of hydrogen-bond acceptors (Lipinski definition) is 3. The van der Waals surface area contributed by atoms with Crippen molar-refractivity contribution in [3.63, 3.8) is 0 Å². The average Bonchev–Trinajstić information content (AvgIpc) is 2.78. The van der Waals surface area contributed by atoms with Crippen molar-refractivity contribution >= 4 is 22.9 Å². The predicted octanol–water partition coefficient (Wildman–Crippen LogP) is 3.97. The quantitative estimate of drug-likeness (QED) is 0.913. The summed E-state index contributed by atoms with van der Waals surface area (Å²) in [5, 5.41) is 3.76. The molecule has 1 aromatic carbocycles. The third-order valence-corrected chi connectivity index (χ3v) is 3.82. The molecule has 1 atom stereocenters. The SMILES string of the molecule is CC(C)c1csc(C(N)c2ccc(Cl)cc2)n1. The van der Waals surface area contributed by atoms with E-state index in [1.165, 1.54) is 0 Å². The first-order valence-corrected chi connectivity index (χ1v) is 6.80. The van der Waals surface area contributed by atoms with Crippen molar-refractivity contribution in [2.45, 2.75) is 25.8 Å². The molecule has 0 amide bonds. The Morgan fingerprint density at radius 2 is 1.88 bits per heavy atom. The van der Waals surface area contributed by atoms with E-state index < -0.39 is 0 Å². The van der Waals surface area contributed by atoms with Gasteiger partial charge in [0.25, 0.3) is 0 Å². The molecular weight excluding hydrogens is 252 g/mol. The van der Waals surface area contributed by atoms with Gasteiger partial charge in [-0.05, 0) is 23.6 Å². The Labute approximate surface area is 110 Å². The van der Waals surface area contributed by atoms with Crippen LogP contribution in [-0.4, -0.2) is 4.98 Å². The molecule has 0 aliphatic carbocycles. The summed E-state index contributed by atoms with van der Waals surface area (Å²) in [5.41, 5.74) is 8.33. The van der Waals surface area contributed by atoms with E-state index in [1.54, 1.807) is 11.3 Å². The van der Waals surface area contributed by atoms with E-state index in [-0.39, 0.29) is 6.04 Å². The van der Waals surface area contributed by atoms with Crippen LogP contribution in [-0.2, 0) is 0 Å². The number of benzene rings is 1. The van der Waals surface area contributed by atoms with Gasteiger partial charge in [0, 0.05) is 10.4 Å². The lowest BCUT2D eigenvalue weighted by Gasteiger charge is -2.08. The molecule has 17 heavy (non-hydrogen) atoms. The van der Waals surface area contributed by atoms with Gasteiger partial charge in [0.2, 0.25) is 0 Å². The zero-order valence-corrected chi connectivity index (χ0v) is 11.4. The smallest absolute Gasteiger partial charge is 0.114 e. The van der Waals surface area contributed by atoms with Crippen molar-refractivity contribution in [3.05, 3.63) is 50.9 Å². The van der Waals surface area contributed by atoms with Crippen LogP contribution >= 0.6 is 22.9 Å². The summed E-state index contributed by atoms with van der Waals surface area (Å²) < 4.78 is 0. The summed E-state index contributed by atoms with van der Waals surface area (Å²) in [6.07, 6.45) is 0. The topological polar surface area (TPSA) is 38.9 Å². The van der Waals surface area contributed by atoms with E-state index >= 15 is 0 Å². The molecule has 2 rings (SSSR count). The molecule has 0 spiro atoms. The monoisotopic (exact) mass is 266 g/mol. The number of hydrogen-bond donors (Lipinski definition) is 1. The summed E-state index contributed by atoms with van der Waals surface area (Å²) in [6.45, 7) is 4.26. The minimum absolute atomic E-state index is 0.162. The molecule has 1 aromatic heterocycles. The minimum Gasteiger partial charge on any atom is -0.318 e. The molecule has 0 fully saturated rings. The van der Waals surface area contributed by atoms with Crippen molar-refractivity contribution in [3.8, 4) is 0 Å². The summed E-state index contributed by atoms with van der Waals surface area (Å²) >= 11 is 7.47. The third-order valence-electron chi connectivity index (χ3n) is 2.63. The summed E-state index contributed by atoms with van der Waals surface area (Å²) in [6, 6.07) is 7.44. The van der Waals surface area contributed by atoms with Crippen molar-refractivity contribution in [2.75, 3.05) is 0 Å². The zero-order chi connectivity index (χ0) is 12.4. The number of nitrogens with zero attached hydrogens (tertiary/aromatic N) is 1. The van der Waals surface area contributed by atoms with Gasteiger partial charge < -0.3 is 5.73 Å². The van der Waals surface area contributed by atoms with Gasteiger partial charge >= 0.3 is 0 Å². The first kappa shape index (κ1) is 12.6. The maximum atomic E-state index is 6.18. The fourth-order valence-electron chi connectivity index (χ4n) is 1.52. The highest BCUT2D eigenvalue weighted by Crippen LogP contribution is 2.26. The van der Waals surface area contributed by atoms with E-state index in [9.17, 15) is 0 Å². The lowest BCUT2D eigenvalue weighted by molar-refractivity contribution is 0.795. The molecule has 0 saturated carbocycles. The van der Waals surface area contributed by atoms with Gasteiger partial charge in [-0.3, -0.25) is 0 Å². The third kappa shape index (κ3) is 2.86. The minimum atomic E-state index is -0.162. The molecule has 0 saturated heterocycles. The molecule has 1 heterocycles. The number of thiazole rings is 1. The van der Waals surface area contributed by atoms with Crippen LogP contribution in [0.5, 0.6) is 0 Å². The Hall–Kier alpha value is -0.900. The standard InChI is InChI=1S/C13H15ClN2S/c1-8(2)11-7-17-13(16-11)12(15)9-3-5-10(14)6-4-9/h3-8,12H,15H2,1-2H3. The van der Waals surface area contributed by atoms with E-state index in [0.29, 0.717) is 5.92 Å². The lowest BCUT2D eigenvalue weighted by atomic mass is 10.1. The zero-order valence-electron chi connectivity index (χ0n) is 9.85. The van der Waals surface area contributed by atoms with Crippen LogP contribution in [0.1, 0.15) is 42.1 Å². The molecule has 2 aromatic rings. The Balaban J connectivity index is 2.24. The summed E-state index contributed by atoms with van der Waals surface area (Å²) in [7, 11) is 0. The van der Waals surface area contributed by atoms with Crippen molar-refractivity contribution in [1.82, 2.24) is 4.98 Å². The van der Waals surface area contributed by atoms with Gasteiger partial charge in [-0.1, -0.05) is 37.6 Å². The Morgan fingerprint density at radius 1 is 1.24 bits per heavy atom. The Kier molecular flexibility index (Phi) is 3.82. The number of halogens is 1.